The van der Waals surface area contributed by atoms with Crippen LogP contribution < -0.4 is 5.32 Å². The van der Waals surface area contributed by atoms with Gasteiger partial charge in [-0.15, -0.1) is 0 Å². The van der Waals surface area contributed by atoms with E-state index in [1.165, 1.54) is 0 Å². The lowest BCUT2D eigenvalue weighted by Gasteiger charge is -2.11. The molecule has 0 bridgehead atoms. The number of esters is 1. The number of aryl methyl sites for hydroxylation is 1. The van der Waals surface area contributed by atoms with Crippen molar-refractivity contribution in [2.24, 2.45) is 0 Å². The molecule has 1 aromatic carbocycles. The van der Waals surface area contributed by atoms with Crippen LogP contribution in [0.5, 0.6) is 0 Å². The largest absolute Gasteiger partial charge is 0.461 e. The molecule has 1 heterocycles. The SMILES string of the molecule is CCCCOC(=O)c1nc(Br)c(NCc2ccccc2)nc1C. The van der Waals surface area contributed by atoms with Crippen molar-refractivity contribution in [3.8, 4) is 0 Å². The fraction of sp³-hybridized carbons (Fsp3) is 0.353. The molecule has 0 radical (unpaired) electrons. The molecule has 2 rings (SSSR count). The van der Waals surface area contributed by atoms with E-state index in [1.807, 2.05) is 37.3 Å². The van der Waals surface area contributed by atoms with Crippen LogP contribution in [0.4, 0.5) is 5.82 Å². The van der Waals surface area contributed by atoms with E-state index in [0.717, 1.165) is 18.4 Å². The molecule has 0 unspecified atom stereocenters. The third-order valence-electron chi connectivity index (χ3n) is 3.25. The van der Waals surface area contributed by atoms with Gasteiger partial charge in [0.15, 0.2) is 11.5 Å². The van der Waals surface area contributed by atoms with E-state index in [4.69, 9.17) is 4.74 Å². The molecule has 0 amide bonds. The van der Waals surface area contributed by atoms with Crippen LogP contribution in [0.1, 0.15) is 41.5 Å². The summed E-state index contributed by atoms with van der Waals surface area (Å²) < 4.78 is 5.69. The molecule has 23 heavy (non-hydrogen) atoms. The van der Waals surface area contributed by atoms with Crippen LogP contribution in [-0.4, -0.2) is 22.5 Å². The summed E-state index contributed by atoms with van der Waals surface area (Å²) in [6.45, 7) is 4.84. The van der Waals surface area contributed by atoms with Crippen molar-refractivity contribution in [1.82, 2.24) is 9.97 Å². The summed E-state index contributed by atoms with van der Waals surface area (Å²) in [5, 5.41) is 3.22. The number of nitrogens with one attached hydrogen (secondary N) is 1. The number of anilines is 1. The van der Waals surface area contributed by atoms with Gasteiger partial charge in [0.05, 0.1) is 12.3 Å². The second-order valence-corrected chi connectivity index (χ2v) is 5.88. The zero-order chi connectivity index (χ0) is 16.7. The van der Waals surface area contributed by atoms with Crippen LogP contribution in [0.3, 0.4) is 0 Å². The number of hydrogen-bond acceptors (Lipinski definition) is 5. The summed E-state index contributed by atoms with van der Waals surface area (Å²) in [5.74, 6) is 0.176. The molecule has 0 fully saturated rings. The molecule has 0 aliphatic rings. The normalized spacial score (nSPS) is 10.4. The van der Waals surface area contributed by atoms with Gasteiger partial charge >= 0.3 is 5.97 Å². The topological polar surface area (TPSA) is 64.1 Å². The Labute approximate surface area is 144 Å². The van der Waals surface area contributed by atoms with Gasteiger partial charge in [-0.1, -0.05) is 43.7 Å². The van der Waals surface area contributed by atoms with Gasteiger partial charge in [-0.05, 0) is 34.8 Å². The van der Waals surface area contributed by atoms with E-state index in [-0.39, 0.29) is 5.69 Å². The maximum absolute atomic E-state index is 12.0. The van der Waals surface area contributed by atoms with Crippen LogP contribution in [0.25, 0.3) is 0 Å². The van der Waals surface area contributed by atoms with Crippen LogP contribution in [-0.2, 0) is 11.3 Å². The van der Waals surface area contributed by atoms with Crippen molar-refractivity contribution in [3.05, 3.63) is 51.9 Å². The van der Waals surface area contributed by atoms with Gasteiger partial charge in [-0.3, -0.25) is 0 Å². The average molecular weight is 378 g/mol. The first-order valence-corrected chi connectivity index (χ1v) is 8.40. The van der Waals surface area contributed by atoms with Gasteiger partial charge in [0, 0.05) is 6.54 Å². The number of benzene rings is 1. The first-order chi connectivity index (χ1) is 11.1. The van der Waals surface area contributed by atoms with Crippen molar-refractivity contribution in [1.29, 1.82) is 0 Å². The Kier molecular flexibility index (Phi) is 6.52. The quantitative estimate of drug-likeness (QED) is 0.580. The second-order valence-electron chi connectivity index (χ2n) is 5.13. The maximum Gasteiger partial charge on any atom is 0.358 e. The number of halogens is 1. The summed E-state index contributed by atoms with van der Waals surface area (Å²) in [6.07, 6.45) is 1.82. The predicted molar refractivity (Wildman–Crippen MR) is 93.4 cm³/mol. The molecule has 1 N–H and O–H groups in total. The molecule has 0 aliphatic heterocycles. The smallest absolute Gasteiger partial charge is 0.358 e. The van der Waals surface area contributed by atoms with E-state index in [1.54, 1.807) is 6.92 Å². The fourth-order valence-electron chi connectivity index (χ4n) is 1.96. The van der Waals surface area contributed by atoms with E-state index in [2.05, 4.69) is 31.2 Å². The molecule has 0 atom stereocenters. The number of unbranched alkanes of at least 4 members (excludes halogenated alkanes) is 1. The van der Waals surface area contributed by atoms with Gasteiger partial charge in [-0.2, -0.15) is 0 Å². The molecule has 0 saturated carbocycles. The van der Waals surface area contributed by atoms with Crippen molar-refractivity contribution >= 4 is 27.7 Å². The molecule has 0 saturated heterocycles. The second kappa shape index (κ2) is 8.62. The Morgan fingerprint density at radius 2 is 2.00 bits per heavy atom. The van der Waals surface area contributed by atoms with Crippen LogP contribution in [0.2, 0.25) is 0 Å². The van der Waals surface area contributed by atoms with Gasteiger partial charge < -0.3 is 10.1 Å². The fourth-order valence-corrected chi connectivity index (χ4v) is 2.37. The van der Waals surface area contributed by atoms with Crippen molar-refractivity contribution in [3.63, 3.8) is 0 Å². The van der Waals surface area contributed by atoms with Gasteiger partial charge in [0.1, 0.15) is 4.60 Å². The van der Waals surface area contributed by atoms with E-state index in [9.17, 15) is 4.79 Å². The van der Waals surface area contributed by atoms with E-state index >= 15 is 0 Å². The monoisotopic (exact) mass is 377 g/mol. The van der Waals surface area contributed by atoms with Gasteiger partial charge in [0.25, 0.3) is 0 Å². The lowest BCUT2D eigenvalue weighted by molar-refractivity contribution is 0.0491. The third-order valence-corrected chi connectivity index (χ3v) is 3.81. The highest BCUT2D eigenvalue weighted by Crippen LogP contribution is 2.20. The Hall–Kier alpha value is -1.95. The first kappa shape index (κ1) is 17.4. The molecule has 0 spiro atoms. The molecular formula is C17H20BrN3O2. The zero-order valence-corrected chi connectivity index (χ0v) is 14.9. The third kappa shape index (κ3) is 5.03. The Balaban J connectivity index is 2.06. The molecule has 6 heteroatoms. The van der Waals surface area contributed by atoms with Crippen molar-refractivity contribution in [2.75, 3.05) is 11.9 Å². The number of rotatable bonds is 7. The standard InChI is InChI=1S/C17H20BrN3O2/c1-3-4-10-23-17(22)14-12(2)20-16(15(18)21-14)19-11-13-8-6-5-7-9-13/h5-9H,3-4,10-11H2,1-2H3,(H,19,20). The minimum absolute atomic E-state index is 0.248. The highest BCUT2D eigenvalue weighted by molar-refractivity contribution is 9.10. The zero-order valence-electron chi connectivity index (χ0n) is 13.3. The van der Waals surface area contributed by atoms with Gasteiger partial charge in [0.2, 0.25) is 0 Å². The summed E-state index contributed by atoms with van der Waals surface area (Å²) >= 11 is 3.36. The van der Waals surface area contributed by atoms with Crippen LogP contribution in [0.15, 0.2) is 34.9 Å². The number of hydrogen-bond donors (Lipinski definition) is 1. The van der Waals surface area contributed by atoms with Gasteiger partial charge in [-0.25, -0.2) is 14.8 Å². The summed E-state index contributed by atoms with van der Waals surface area (Å²) in [5.41, 5.74) is 1.94. The average Bonchev–Trinajstić information content (AvgIpc) is 2.56. The van der Waals surface area contributed by atoms with Crippen molar-refractivity contribution in [2.45, 2.75) is 33.2 Å². The number of nitrogens with zero attached hydrogens (tertiary/aromatic N) is 2. The Morgan fingerprint density at radius 1 is 1.26 bits per heavy atom. The highest BCUT2D eigenvalue weighted by atomic mass is 79.9. The minimum Gasteiger partial charge on any atom is -0.461 e. The molecule has 2 aromatic rings. The van der Waals surface area contributed by atoms with Crippen LogP contribution >= 0.6 is 15.9 Å². The molecule has 122 valence electrons. The number of aromatic nitrogens is 2. The van der Waals surface area contributed by atoms with E-state index in [0.29, 0.717) is 29.3 Å². The lowest BCUT2D eigenvalue weighted by atomic mass is 10.2. The number of carbonyl (C=O) groups is 1. The summed E-state index contributed by atoms with van der Waals surface area (Å²) in [6, 6.07) is 10.0. The Morgan fingerprint density at radius 3 is 2.70 bits per heavy atom. The van der Waals surface area contributed by atoms with Crippen LogP contribution in [0, 0.1) is 6.92 Å². The summed E-state index contributed by atoms with van der Waals surface area (Å²) in [7, 11) is 0. The lowest BCUT2D eigenvalue weighted by Crippen LogP contribution is -2.14. The number of carbonyl (C=O) groups excluding carboxylic acids is 1. The summed E-state index contributed by atoms with van der Waals surface area (Å²) in [4.78, 5) is 20.7. The predicted octanol–water partition coefficient (Wildman–Crippen LogP) is 4.12. The maximum atomic E-state index is 12.0. The highest BCUT2D eigenvalue weighted by Gasteiger charge is 2.17. The Bertz CT molecular complexity index is 662. The molecule has 5 nitrogen and oxygen atoms in total. The number of ether oxygens (including phenoxy) is 1. The molecular weight excluding hydrogens is 358 g/mol. The molecule has 0 aliphatic carbocycles. The van der Waals surface area contributed by atoms with E-state index < -0.39 is 5.97 Å². The molecule has 1 aromatic heterocycles. The first-order valence-electron chi connectivity index (χ1n) is 7.61. The minimum atomic E-state index is -0.432. The van der Waals surface area contributed by atoms with Crippen molar-refractivity contribution < 1.29 is 9.53 Å².